The van der Waals surface area contributed by atoms with Crippen LogP contribution in [0.4, 0.5) is 8.78 Å². The van der Waals surface area contributed by atoms with Crippen molar-refractivity contribution in [3.8, 4) is 11.5 Å². The third kappa shape index (κ3) is 7.21. The molecule has 0 saturated heterocycles. The quantitative estimate of drug-likeness (QED) is 0.258. The van der Waals surface area contributed by atoms with E-state index in [4.69, 9.17) is 9.47 Å². The van der Waals surface area contributed by atoms with Crippen LogP contribution in [-0.4, -0.2) is 13.2 Å². The smallest absolute Gasteiger partial charge is 0.204 e. The normalized spacial score (nSPS) is 28.6. The first-order chi connectivity index (χ1) is 19.6. The van der Waals surface area contributed by atoms with Gasteiger partial charge in [0, 0.05) is 0 Å². The van der Waals surface area contributed by atoms with Gasteiger partial charge in [-0.25, -0.2) is 0 Å². The topological polar surface area (TPSA) is 18.5 Å². The summed E-state index contributed by atoms with van der Waals surface area (Å²) in [6, 6.07) is 12.6. The predicted molar refractivity (Wildman–Crippen MR) is 159 cm³/mol. The standard InChI is InChI=1S/C36H50F2O2/c1-3-5-6-7-25-8-12-27(13-9-25)29-16-18-32-23-30(17-19-31(32)22-29)28-14-10-26(11-15-28)24-40-34-21-20-33(39-4-2)35(37)36(34)38/h8-9,12-13,20-21,26,28-32H,3-7,10-11,14-19,22-24H2,1-2H3. The number of hydrogen-bond acceptors (Lipinski definition) is 2. The van der Waals surface area contributed by atoms with E-state index in [1.54, 1.807) is 12.5 Å². The molecular weight excluding hydrogens is 502 g/mol. The molecule has 3 aliphatic carbocycles. The van der Waals surface area contributed by atoms with Crippen LogP contribution in [0.25, 0.3) is 0 Å². The minimum absolute atomic E-state index is 0.0000755. The molecule has 2 aromatic rings. The Labute approximate surface area is 241 Å². The maximum atomic E-state index is 14.4. The van der Waals surface area contributed by atoms with Crippen LogP contribution in [0.3, 0.4) is 0 Å². The molecule has 0 aliphatic heterocycles. The van der Waals surface area contributed by atoms with Gasteiger partial charge < -0.3 is 9.47 Å². The average molecular weight is 553 g/mol. The number of halogens is 2. The fourth-order valence-electron chi connectivity index (χ4n) is 8.12. The summed E-state index contributed by atoms with van der Waals surface area (Å²) in [4.78, 5) is 0. The van der Waals surface area contributed by atoms with Crippen LogP contribution in [0.1, 0.15) is 114 Å². The first kappa shape index (κ1) is 29.4. The minimum atomic E-state index is -0.955. The molecule has 0 radical (unpaired) electrons. The largest absolute Gasteiger partial charge is 0.491 e. The van der Waals surface area contributed by atoms with Crippen molar-refractivity contribution in [3.63, 3.8) is 0 Å². The van der Waals surface area contributed by atoms with Gasteiger partial charge in [0.1, 0.15) is 0 Å². The zero-order valence-corrected chi connectivity index (χ0v) is 24.8. The number of fused-ring (bicyclic) bond motifs is 1. The average Bonchev–Trinajstić information content (AvgIpc) is 2.99. The first-order valence-corrected chi connectivity index (χ1v) is 16.4. The Bertz CT molecular complexity index is 1060. The van der Waals surface area contributed by atoms with Crippen LogP contribution in [0, 0.1) is 41.2 Å². The number of benzene rings is 2. The van der Waals surface area contributed by atoms with Gasteiger partial charge in [-0.2, -0.15) is 8.78 Å². The van der Waals surface area contributed by atoms with Crippen molar-refractivity contribution in [1.29, 1.82) is 0 Å². The fraction of sp³-hybridized carbons (Fsp3) is 0.667. The highest BCUT2D eigenvalue weighted by Crippen LogP contribution is 2.51. The SMILES string of the molecule is CCCCCc1ccc(C2CCC3CC(C4CCC(COc5ccc(OCC)c(F)c5F)CC4)CCC3C2)cc1. The predicted octanol–water partition coefficient (Wildman–Crippen LogP) is 10.3. The summed E-state index contributed by atoms with van der Waals surface area (Å²) in [5, 5.41) is 0. The van der Waals surface area contributed by atoms with Gasteiger partial charge in [-0.1, -0.05) is 44.0 Å². The van der Waals surface area contributed by atoms with Crippen molar-refractivity contribution in [2.45, 2.75) is 110 Å². The van der Waals surface area contributed by atoms with Gasteiger partial charge in [-0.15, -0.1) is 0 Å². The number of aryl methyl sites for hydroxylation is 1. The second-order valence-electron chi connectivity index (χ2n) is 13.0. The number of unbranched alkanes of at least 4 members (excludes halogenated alkanes) is 2. The van der Waals surface area contributed by atoms with Crippen LogP contribution in [0.15, 0.2) is 36.4 Å². The highest BCUT2D eigenvalue weighted by molar-refractivity contribution is 5.35. The van der Waals surface area contributed by atoms with E-state index in [1.807, 2.05) is 0 Å². The number of hydrogen-bond donors (Lipinski definition) is 0. The van der Waals surface area contributed by atoms with Crippen molar-refractivity contribution < 1.29 is 18.3 Å². The van der Waals surface area contributed by atoms with Crippen LogP contribution in [0.2, 0.25) is 0 Å². The summed E-state index contributed by atoms with van der Waals surface area (Å²) >= 11 is 0. The summed E-state index contributed by atoms with van der Waals surface area (Å²) in [5.74, 6) is 2.77. The van der Waals surface area contributed by atoms with Crippen molar-refractivity contribution in [2.75, 3.05) is 13.2 Å². The Morgan fingerprint density at radius 1 is 0.650 bits per heavy atom. The van der Waals surface area contributed by atoms with E-state index in [9.17, 15) is 8.78 Å². The molecule has 0 spiro atoms. The van der Waals surface area contributed by atoms with Crippen molar-refractivity contribution in [1.82, 2.24) is 0 Å². The molecule has 220 valence electrons. The fourth-order valence-corrected chi connectivity index (χ4v) is 8.12. The molecular formula is C36H50F2O2. The lowest BCUT2D eigenvalue weighted by Gasteiger charge is -2.45. The maximum absolute atomic E-state index is 14.4. The van der Waals surface area contributed by atoms with Crippen molar-refractivity contribution >= 4 is 0 Å². The summed E-state index contributed by atoms with van der Waals surface area (Å²) in [6.45, 7) is 4.79. The van der Waals surface area contributed by atoms with Crippen molar-refractivity contribution in [2.24, 2.45) is 29.6 Å². The molecule has 3 fully saturated rings. The molecule has 3 aliphatic rings. The molecule has 0 aromatic heterocycles. The molecule has 0 heterocycles. The number of ether oxygens (including phenoxy) is 2. The molecule has 4 unspecified atom stereocenters. The van der Waals surface area contributed by atoms with Gasteiger partial charge >= 0.3 is 0 Å². The summed E-state index contributed by atoms with van der Waals surface area (Å²) in [6.07, 6.45) is 18.3. The van der Waals surface area contributed by atoms with E-state index in [0.717, 1.165) is 42.4 Å². The van der Waals surface area contributed by atoms with Crippen molar-refractivity contribution in [3.05, 3.63) is 59.2 Å². The van der Waals surface area contributed by atoms with E-state index in [2.05, 4.69) is 31.2 Å². The minimum Gasteiger partial charge on any atom is -0.491 e. The third-order valence-corrected chi connectivity index (χ3v) is 10.5. The second kappa shape index (κ2) is 14.2. The molecule has 0 amide bonds. The lowest BCUT2D eigenvalue weighted by Crippen LogP contribution is -2.34. The van der Waals surface area contributed by atoms with E-state index in [-0.39, 0.29) is 11.5 Å². The Morgan fingerprint density at radius 2 is 1.25 bits per heavy atom. The molecule has 2 nitrogen and oxygen atoms in total. The monoisotopic (exact) mass is 552 g/mol. The van der Waals surface area contributed by atoms with Gasteiger partial charge in [0.25, 0.3) is 0 Å². The molecule has 4 atom stereocenters. The summed E-state index contributed by atoms with van der Waals surface area (Å²) < 4.78 is 39.5. The molecule has 40 heavy (non-hydrogen) atoms. The lowest BCUT2D eigenvalue weighted by molar-refractivity contribution is 0.0663. The van der Waals surface area contributed by atoms with E-state index >= 15 is 0 Å². The Hall–Kier alpha value is -2.10. The molecule has 2 aromatic carbocycles. The first-order valence-electron chi connectivity index (χ1n) is 16.4. The maximum Gasteiger partial charge on any atom is 0.204 e. The van der Waals surface area contributed by atoms with Crippen LogP contribution >= 0.6 is 0 Å². The molecule has 3 saturated carbocycles. The van der Waals surface area contributed by atoms with Gasteiger partial charge in [-0.3, -0.25) is 0 Å². The van der Waals surface area contributed by atoms with Crippen LogP contribution in [-0.2, 0) is 6.42 Å². The van der Waals surface area contributed by atoms with Gasteiger partial charge in [0.2, 0.25) is 11.6 Å². The van der Waals surface area contributed by atoms with Crippen LogP contribution in [0.5, 0.6) is 11.5 Å². The third-order valence-electron chi connectivity index (χ3n) is 10.5. The lowest BCUT2D eigenvalue weighted by atomic mass is 9.60. The molecule has 5 rings (SSSR count). The Morgan fingerprint density at radius 3 is 1.93 bits per heavy atom. The van der Waals surface area contributed by atoms with E-state index in [0.29, 0.717) is 19.1 Å². The number of rotatable bonds is 11. The van der Waals surface area contributed by atoms with Gasteiger partial charge in [0.15, 0.2) is 11.5 Å². The Balaban J connectivity index is 1.04. The van der Waals surface area contributed by atoms with E-state index < -0.39 is 11.6 Å². The highest BCUT2D eigenvalue weighted by Gasteiger charge is 2.39. The van der Waals surface area contributed by atoms with Gasteiger partial charge in [-0.05, 0) is 143 Å². The van der Waals surface area contributed by atoms with Gasteiger partial charge in [0.05, 0.1) is 13.2 Å². The highest BCUT2D eigenvalue weighted by atomic mass is 19.2. The summed E-state index contributed by atoms with van der Waals surface area (Å²) in [7, 11) is 0. The molecule has 0 N–H and O–H groups in total. The summed E-state index contributed by atoms with van der Waals surface area (Å²) in [5.41, 5.74) is 3.08. The molecule has 0 bridgehead atoms. The van der Waals surface area contributed by atoms with Crippen LogP contribution < -0.4 is 9.47 Å². The molecule has 4 heteroatoms. The van der Waals surface area contributed by atoms with E-state index in [1.165, 1.54) is 94.7 Å². The zero-order chi connectivity index (χ0) is 27.9. The zero-order valence-electron chi connectivity index (χ0n) is 24.8. The second-order valence-corrected chi connectivity index (χ2v) is 13.0. The Kier molecular flexibility index (Phi) is 10.4.